The van der Waals surface area contributed by atoms with Gasteiger partial charge in [-0.15, -0.1) is 0 Å². The van der Waals surface area contributed by atoms with Crippen LogP contribution in [-0.2, 0) is 24.3 Å². The minimum Gasteiger partial charge on any atom is -0.348 e. The first-order valence-electron chi connectivity index (χ1n) is 10.0. The molecule has 1 saturated carbocycles. The Morgan fingerprint density at radius 1 is 1.19 bits per heavy atom. The van der Waals surface area contributed by atoms with Crippen LogP contribution >= 0.6 is 0 Å². The summed E-state index contributed by atoms with van der Waals surface area (Å²) in [6, 6.07) is 0.269. The van der Waals surface area contributed by atoms with Crippen molar-refractivity contribution in [2.45, 2.75) is 78.9 Å². The number of nitrogens with zero attached hydrogens (tertiary/aromatic N) is 3. The van der Waals surface area contributed by atoms with Gasteiger partial charge in [0.15, 0.2) is 5.69 Å². The first-order chi connectivity index (χ1) is 12.4. The van der Waals surface area contributed by atoms with Crippen LogP contribution in [0.25, 0.3) is 0 Å². The van der Waals surface area contributed by atoms with Crippen molar-refractivity contribution in [2.75, 3.05) is 6.54 Å². The van der Waals surface area contributed by atoms with E-state index >= 15 is 0 Å². The molecule has 0 atom stereocenters. The topological polar surface area (TPSA) is 67.2 Å². The maximum absolute atomic E-state index is 12.9. The molecule has 6 heteroatoms. The molecule has 3 rings (SSSR count). The maximum Gasteiger partial charge on any atom is 0.272 e. The molecule has 0 saturated heterocycles. The highest BCUT2D eigenvalue weighted by atomic mass is 16.2. The standard InChI is InChI=1S/C20H32N4O2/c1-13(2)11-24-17-9-10-23(20(26)14(3)4)12-16(17)18(22-24)19(25)21-15-7-5-6-8-15/h13-15H,5-12H2,1-4H3,(H,21,25). The van der Waals surface area contributed by atoms with E-state index in [-0.39, 0.29) is 23.8 Å². The van der Waals surface area contributed by atoms with Crippen LogP contribution in [-0.4, -0.2) is 39.1 Å². The van der Waals surface area contributed by atoms with Crippen molar-refractivity contribution in [3.63, 3.8) is 0 Å². The van der Waals surface area contributed by atoms with E-state index in [2.05, 4.69) is 24.3 Å². The molecule has 0 unspecified atom stereocenters. The smallest absolute Gasteiger partial charge is 0.272 e. The molecule has 6 nitrogen and oxygen atoms in total. The monoisotopic (exact) mass is 360 g/mol. The van der Waals surface area contributed by atoms with Crippen molar-refractivity contribution in [1.29, 1.82) is 0 Å². The van der Waals surface area contributed by atoms with Gasteiger partial charge in [0.05, 0.1) is 0 Å². The van der Waals surface area contributed by atoms with Crippen LogP contribution in [0.15, 0.2) is 0 Å². The SMILES string of the molecule is CC(C)Cn1nc(C(=O)NC2CCCC2)c2c1CCN(C(=O)C(C)C)C2. The first-order valence-corrected chi connectivity index (χ1v) is 10.0. The molecule has 0 radical (unpaired) electrons. The van der Waals surface area contributed by atoms with Gasteiger partial charge in [-0.2, -0.15) is 5.10 Å². The van der Waals surface area contributed by atoms with Gasteiger partial charge in [-0.25, -0.2) is 0 Å². The number of fused-ring (bicyclic) bond motifs is 1. The summed E-state index contributed by atoms with van der Waals surface area (Å²) in [6.45, 7) is 10.2. The molecule has 1 aliphatic carbocycles. The summed E-state index contributed by atoms with van der Waals surface area (Å²) in [5.41, 5.74) is 2.60. The van der Waals surface area contributed by atoms with Gasteiger partial charge in [0.25, 0.3) is 5.91 Å². The molecule has 1 fully saturated rings. The Morgan fingerprint density at radius 3 is 2.50 bits per heavy atom. The minimum absolute atomic E-state index is 0.0296. The fourth-order valence-electron chi connectivity index (χ4n) is 4.05. The average molecular weight is 361 g/mol. The highest BCUT2D eigenvalue weighted by molar-refractivity contribution is 5.94. The van der Waals surface area contributed by atoms with Gasteiger partial charge in [-0.3, -0.25) is 14.3 Å². The largest absolute Gasteiger partial charge is 0.348 e. The molecule has 144 valence electrons. The lowest BCUT2D eigenvalue weighted by molar-refractivity contribution is -0.135. The van der Waals surface area contributed by atoms with E-state index in [4.69, 9.17) is 0 Å². The van der Waals surface area contributed by atoms with Crippen LogP contribution in [0.2, 0.25) is 0 Å². The second-order valence-electron chi connectivity index (χ2n) is 8.47. The number of nitrogens with one attached hydrogen (secondary N) is 1. The zero-order valence-corrected chi connectivity index (χ0v) is 16.5. The molecule has 1 N–H and O–H groups in total. The van der Waals surface area contributed by atoms with Gasteiger partial charge in [-0.05, 0) is 18.8 Å². The van der Waals surface area contributed by atoms with Crippen LogP contribution in [0, 0.1) is 11.8 Å². The molecule has 1 aromatic heterocycles. The highest BCUT2D eigenvalue weighted by Crippen LogP contribution is 2.26. The van der Waals surface area contributed by atoms with E-state index in [1.54, 1.807) is 0 Å². The quantitative estimate of drug-likeness (QED) is 0.878. The number of carbonyl (C=O) groups excluding carboxylic acids is 2. The van der Waals surface area contributed by atoms with Crippen LogP contribution in [0.5, 0.6) is 0 Å². The second kappa shape index (κ2) is 7.80. The van der Waals surface area contributed by atoms with Crippen LogP contribution in [0.1, 0.15) is 75.1 Å². The maximum atomic E-state index is 12.9. The summed E-state index contributed by atoms with van der Waals surface area (Å²) < 4.78 is 2.00. The third kappa shape index (κ3) is 3.94. The van der Waals surface area contributed by atoms with Gasteiger partial charge in [0.2, 0.25) is 5.91 Å². The summed E-state index contributed by atoms with van der Waals surface area (Å²) in [4.78, 5) is 27.2. The van der Waals surface area contributed by atoms with Gasteiger partial charge >= 0.3 is 0 Å². The fraction of sp³-hybridized carbons (Fsp3) is 0.750. The Balaban J connectivity index is 1.87. The number of carbonyl (C=O) groups is 2. The molecular weight excluding hydrogens is 328 g/mol. The molecule has 0 bridgehead atoms. The number of aromatic nitrogens is 2. The molecule has 2 heterocycles. The summed E-state index contributed by atoms with van der Waals surface area (Å²) in [6.07, 6.45) is 5.24. The summed E-state index contributed by atoms with van der Waals surface area (Å²) in [5.74, 6) is 0.502. The van der Waals surface area contributed by atoms with Crippen LogP contribution in [0.4, 0.5) is 0 Å². The molecule has 2 amide bonds. The second-order valence-corrected chi connectivity index (χ2v) is 8.47. The number of amides is 2. The Morgan fingerprint density at radius 2 is 1.88 bits per heavy atom. The summed E-state index contributed by atoms with van der Waals surface area (Å²) in [5, 5.41) is 7.84. The lowest BCUT2D eigenvalue weighted by Gasteiger charge is -2.29. The zero-order valence-electron chi connectivity index (χ0n) is 16.5. The van der Waals surface area contributed by atoms with E-state index in [9.17, 15) is 9.59 Å². The van der Waals surface area contributed by atoms with E-state index in [0.29, 0.717) is 24.7 Å². The molecule has 0 spiro atoms. The molecule has 1 aliphatic heterocycles. The molecule has 1 aromatic rings. The Bertz CT molecular complexity index is 672. The predicted octanol–water partition coefficient (Wildman–Crippen LogP) is 2.75. The average Bonchev–Trinajstić information content (AvgIpc) is 3.21. The normalized spacial score (nSPS) is 17.8. The van der Waals surface area contributed by atoms with Gasteiger partial charge in [0.1, 0.15) is 0 Å². The van der Waals surface area contributed by atoms with Crippen molar-refractivity contribution >= 4 is 11.8 Å². The van der Waals surface area contributed by atoms with Gasteiger partial charge in [0, 0.05) is 49.3 Å². The predicted molar refractivity (Wildman–Crippen MR) is 101 cm³/mol. The van der Waals surface area contributed by atoms with Crippen molar-refractivity contribution < 1.29 is 9.59 Å². The molecular formula is C20H32N4O2. The highest BCUT2D eigenvalue weighted by Gasteiger charge is 2.31. The molecule has 26 heavy (non-hydrogen) atoms. The van der Waals surface area contributed by atoms with E-state index in [1.807, 2.05) is 23.4 Å². The summed E-state index contributed by atoms with van der Waals surface area (Å²) in [7, 11) is 0. The molecule has 0 aromatic carbocycles. The van der Waals surface area contributed by atoms with Crippen molar-refractivity contribution in [3.8, 4) is 0 Å². The number of rotatable bonds is 5. The van der Waals surface area contributed by atoms with Crippen molar-refractivity contribution in [3.05, 3.63) is 17.0 Å². The third-order valence-corrected chi connectivity index (χ3v) is 5.38. The lowest BCUT2D eigenvalue weighted by Crippen LogP contribution is -2.40. The van der Waals surface area contributed by atoms with Gasteiger partial charge < -0.3 is 10.2 Å². The number of hydrogen-bond acceptors (Lipinski definition) is 3. The fourth-order valence-corrected chi connectivity index (χ4v) is 4.05. The van der Waals surface area contributed by atoms with Crippen molar-refractivity contribution in [2.24, 2.45) is 11.8 Å². The first kappa shape index (κ1) is 18.9. The van der Waals surface area contributed by atoms with Crippen LogP contribution < -0.4 is 5.32 Å². The third-order valence-electron chi connectivity index (χ3n) is 5.38. The Hall–Kier alpha value is -1.85. The van der Waals surface area contributed by atoms with Gasteiger partial charge in [-0.1, -0.05) is 40.5 Å². The van der Waals surface area contributed by atoms with E-state index in [0.717, 1.165) is 37.1 Å². The van der Waals surface area contributed by atoms with E-state index in [1.165, 1.54) is 12.8 Å². The minimum atomic E-state index is -0.0745. The Kier molecular flexibility index (Phi) is 5.68. The lowest BCUT2D eigenvalue weighted by atomic mass is 10.0. The zero-order chi connectivity index (χ0) is 18.8. The summed E-state index contributed by atoms with van der Waals surface area (Å²) >= 11 is 0. The van der Waals surface area contributed by atoms with E-state index < -0.39 is 0 Å². The Labute approximate surface area is 156 Å². The number of hydrogen-bond donors (Lipinski definition) is 1. The van der Waals surface area contributed by atoms with Crippen molar-refractivity contribution in [1.82, 2.24) is 20.0 Å². The molecule has 2 aliphatic rings. The van der Waals surface area contributed by atoms with Crippen LogP contribution in [0.3, 0.4) is 0 Å².